The molecule has 0 bridgehead atoms. The lowest BCUT2D eigenvalue weighted by atomic mass is 10.3. The maximum absolute atomic E-state index is 11.1. The van der Waals surface area contributed by atoms with Crippen molar-refractivity contribution < 1.29 is 9.53 Å². The molecule has 5 heteroatoms. The fourth-order valence-electron chi connectivity index (χ4n) is 0.812. The van der Waals surface area contributed by atoms with Crippen molar-refractivity contribution in [3.05, 3.63) is 25.6 Å². The Morgan fingerprint density at radius 1 is 1.29 bits per heavy atom. The molecule has 0 unspecified atom stereocenters. The molecule has 0 aromatic heterocycles. The smallest absolute Gasteiger partial charge is 0.310 e. The minimum Gasteiger partial charge on any atom is -0.424 e. The molecule has 0 fully saturated rings. The van der Waals surface area contributed by atoms with Crippen LogP contribution in [0.15, 0.2) is 25.6 Å². The molecule has 0 N–H and O–H groups in total. The average molecular weight is 387 g/mol. The summed E-state index contributed by atoms with van der Waals surface area (Å²) in [6, 6.07) is 3.64. The zero-order valence-corrected chi connectivity index (χ0v) is 12.1. The van der Waals surface area contributed by atoms with Crippen molar-refractivity contribution in [1.29, 1.82) is 0 Å². The third-order valence-electron chi connectivity index (χ3n) is 1.47. The molecular weight excluding hydrogens is 380 g/mol. The normalized spacial score (nSPS) is 10.0. The Bertz CT molecular complexity index is 340. The van der Waals surface area contributed by atoms with Gasteiger partial charge >= 0.3 is 5.97 Å². The highest BCUT2D eigenvalue weighted by Crippen LogP contribution is 2.36. The highest BCUT2D eigenvalue weighted by molar-refractivity contribution is 9.11. The van der Waals surface area contributed by atoms with E-state index < -0.39 is 0 Å². The van der Waals surface area contributed by atoms with E-state index >= 15 is 0 Å². The Labute approximate surface area is 107 Å². The number of esters is 1. The molecule has 0 radical (unpaired) electrons. The van der Waals surface area contributed by atoms with Crippen molar-refractivity contribution in [3.8, 4) is 5.75 Å². The zero-order chi connectivity index (χ0) is 10.7. The Kier molecular flexibility index (Phi) is 4.60. The molecule has 1 rings (SSSR count). The number of hydrogen-bond donors (Lipinski definition) is 0. The highest BCUT2D eigenvalue weighted by atomic mass is 79.9. The van der Waals surface area contributed by atoms with Crippen molar-refractivity contribution >= 4 is 53.8 Å². The molecule has 1 aromatic rings. The minimum absolute atomic E-state index is 0.256. The van der Waals surface area contributed by atoms with E-state index in [-0.39, 0.29) is 5.97 Å². The van der Waals surface area contributed by atoms with Crippen LogP contribution in [-0.2, 0) is 4.79 Å². The molecule has 0 spiro atoms. The van der Waals surface area contributed by atoms with Gasteiger partial charge in [-0.2, -0.15) is 0 Å². The lowest BCUT2D eigenvalue weighted by Crippen LogP contribution is -2.06. The fraction of sp³-hybridized carbons (Fsp3) is 0.222. The average Bonchev–Trinajstić information content (AvgIpc) is 2.10. The molecule has 2 nitrogen and oxygen atoms in total. The summed E-state index contributed by atoms with van der Waals surface area (Å²) in [5.74, 6) is 0.258. The molecule has 0 amide bonds. The lowest BCUT2D eigenvalue weighted by Gasteiger charge is -2.07. The van der Waals surface area contributed by atoms with Crippen LogP contribution >= 0.6 is 47.8 Å². The second kappa shape index (κ2) is 5.28. The Morgan fingerprint density at radius 2 is 1.79 bits per heavy atom. The van der Waals surface area contributed by atoms with Crippen LogP contribution in [0.2, 0.25) is 0 Å². The molecule has 1 aromatic carbocycles. The van der Waals surface area contributed by atoms with Crippen molar-refractivity contribution in [2.75, 3.05) is 0 Å². The molecule has 0 aliphatic heterocycles. The number of ether oxygens (including phenoxy) is 1. The van der Waals surface area contributed by atoms with Gasteiger partial charge in [-0.3, -0.25) is 4.79 Å². The molecule has 0 aliphatic rings. The van der Waals surface area contributed by atoms with Crippen molar-refractivity contribution in [2.24, 2.45) is 0 Å². The second-order valence-corrected chi connectivity index (χ2v) is 5.15. The van der Waals surface area contributed by atoms with Gasteiger partial charge in [-0.05, 0) is 44.0 Å². The zero-order valence-electron chi connectivity index (χ0n) is 7.31. The lowest BCUT2D eigenvalue weighted by molar-refractivity contribution is -0.134. The monoisotopic (exact) mass is 384 g/mol. The van der Waals surface area contributed by atoms with Crippen molar-refractivity contribution in [1.82, 2.24) is 0 Å². The highest BCUT2D eigenvalue weighted by Gasteiger charge is 2.11. The van der Waals surface area contributed by atoms with Gasteiger partial charge in [0.05, 0.1) is 8.95 Å². The first kappa shape index (κ1) is 12.2. The van der Waals surface area contributed by atoms with E-state index in [1.807, 2.05) is 12.1 Å². The van der Waals surface area contributed by atoms with Gasteiger partial charge in [-0.1, -0.05) is 22.9 Å². The van der Waals surface area contributed by atoms with Crippen LogP contribution in [0.1, 0.15) is 13.3 Å². The topological polar surface area (TPSA) is 26.3 Å². The van der Waals surface area contributed by atoms with Gasteiger partial charge in [0.2, 0.25) is 0 Å². The molecular formula is C9H7Br3O2. The van der Waals surface area contributed by atoms with E-state index in [1.54, 1.807) is 6.92 Å². The fourth-order valence-corrected chi connectivity index (χ4v) is 3.23. The van der Waals surface area contributed by atoms with E-state index in [1.165, 1.54) is 0 Å². The molecule has 0 saturated carbocycles. The summed E-state index contributed by atoms with van der Waals surface area (Å²) in [4.78, 5) is 11.1. The third kappa shape index (κ3) is 3.07. The summed E-state index contributed by atoms with van der Waals surface area (Å²) < 4.78 is 7.51. The number of halogens is 3. The summed E-state index contributed by atoms with van der Waals surface area (Å²) in [7, 11) is 0. The van der Waals surface area contributed by atoms with Crippen LogP contribution in [0.4, 0.5) is 0 Å². The van der Waals surface area contributed by atoms with E-state index in [0.29, 0.717) is 12.2 Å². The third-order valence-corrected chi connectivity index (χ3v) is 3.10. The first-order valence-corrected chi connectivity index (χ1v) is 6.27. The van der Waals surface area contributed by atoms with Crippen LogP contribution in [0.5, 0.6) is 5.75 Å². The van der Waals surface area contributed by atoms with Crippen LogP contribution in [0, 0.1) is 0 Å². The predicted molar refractivity (Wildman–Crippen MR) is 65.5 cm³/mol. The SMILES string of the molecule is CCC(=O)Oc1c(Br)cc(Br)cc1Br. The predicted octanol–water partition coefficient (Wildman–Crippen LogP) is 4.29. The van der Waals surface area contributed by atoms with Gasteiger partial charge < -0.3 is 4.74 Å². The van der Waals surface area contributed by atoms with Gasteiger partial charge in [0.1, 0.15) is 0 Å². The number of hydrogen-bond acceptors (Lipinski definition) is 2. The number of carbonyl (C=O) groups is 1. The summed E-state index contributed by atoms with van der Waals surface area (Å²) in [5.41, 5.74) is 0. The quantitative estimate of drug-likeness (QED) is 0.560. The van der Waals surface area contributed by atoms with Gasteiger partial charge in [0.15, 0.2) is 5.75 Å². The van der Waals surface area contributed by atoms with E-state index in [0.717, 1.165) is 13.4 Å². The summed E-state index contributed by atoms with van der Waals surface area (Å²) in [6.07, 6.45) is 0.356. The number of benzene rings is 1. The minimum atomic E-state index is -0.256. The van der Waals surface area contributed by atoms with Crippen LogP contribution in [0.3, 0.4) is 0 Å². The molecule has 76 valence electrons. The number of carbonyl (C=O) groups excluding carboxylic acids is 1. The largest absolute Gasteiger partial charge is 0.424 e. The Hall–Kier alpha value is 0.130. The first-order chi connectivity index (χ1) is 6.54. The van der Waals surface area contributed by atoms with Gasteiger partial charge in [-0.25, -0.2) is 0 Å². The summed E-state index contributed by atoms with van der Waals surface area (Å²) in [5, 5.41) is 0. The molecule has 0 saturated heterocycles. The summed E-state index contributed by atoms with van der Waals surface area (Å²) in [6.45, 7) is 1.75. The van der Waals surface area contributed by atoms with Crippen LogP contribution < -0.4 is 4.74 Å². The molecule has 0 heterocycles. The number of rotatable bonds is 2. The van der Waals surface area contributed by atoms with Gasteiger partial charge in [0, 0.05) is 10.9 Å². The maximum Gasteiger partial charge on any atom is 0.310 e. The van der Waals surface area contributed by atoms with Gasteiger partial charge in [0.25, 0.3) is 0 Å². The van der Waals surface area contributed by atoms with Gasteiger partial charge in [-0.15, -0.1) is 0 Å². The van der Waals surface area contributed by atoms with Crippen molar-refractivity contribution in [3.63, 3.8) is 0 Å². The standard InChI is InChI=1S/C9H7Br3O2/c1-2-8(13)14-9-6(11)3-5(10)4-7(9)12/h3-4H,2H2,1H3. The maximum atomic E-state index is 11.1. The first-order valence-electron chi connectivity index (χ1n) is 3.89. The van der Waals surface area contributed by atoms with E-state index in [9.17, 15) is 4.79 Å². The van der Waals surface area contributed by atoms with Crippen LogP contribution in [-0.4, -0.2) is 5.97 Å². The Balaban J connectivity index is 3.02. The van der Waals surface area contributed by atoms with E-state index in [2.05, 4.69) is 47.8 Å². The molecule has 0 aliphatic carbocycles. The Morgan fingerprint density at radius 3 is 2.21 bits per heavy atom. The molecule has 0 atom stereocenters. The van der Waals surface area contributed by atoms with E-state index in [4.69, 9.17) is 4.74 Å². The van der Waals surface area contributed by atoms with Crippen molar-refractivity contribution in [2.45, 2.75) is 13.3 Å². The second-order valence-electron chi connectivity index (χ2n) is 2.53. The van der Waals surface area contributed by atoms with Crippen LogP contribution in [0.25, 0.3) is 0 Å². The molecule has 14 heavy (non-hydrogen) atoms. The summed E-state index contributed by atoms with van der Waals surface area (Å²) >= 11 is 9.97.